The maximum Gasteiger partial charge on any atom is 0.144 e. The molecule has 20 heavy (non-hydrogen) atoms. The molecule has 2 rings (SSSR count). The van der Waals surface area contributed by atoms with Gasteiger partial charge in [-0.25, -0.2) is 9.37 Å². The largest absolute Gasteiger partial charge is 0.324 e. The van der Waals surface area contributed by atoms with Crippen LogP contribution < -0.4 is 0 Å². The molecule has 1 aromatic heterocycles. The third-order valence-corrected chi connectivity index (χ3v) is 4.33. The second-order valence-electron chi connectivity index (χ2n) is 5.38. The van der Waals surface area contributed by atoms with Gasteiger partial charge in [-0.1, -0.05) is 31.9 Å². The fraction of sp³-hybridized carbons (Fsp3) is 0.533. The van der Waals surface area contributed by atoms with Crippen LogP contribution >= 0.6 is 23.2 Å². The smallest absolute Gasteiger partial charge is 0.144 e. The van der Waals surface area contributed by atoms with E-state index in [9.17, 15) is 4.39 Å². The van der Waals surface area contributed by atoms with Gasteiger partial charge in [0.05, 0.1) is 21.9 Å². The van der Waals surface area contributed by atoms with E-state index < -0.39 is 5.82 Å². The Morgan fingerprint density at radius 1 is 1.35 bits per heavy atom. The van der Waals surface area contributed by atoms with Crippen molar-refractivity contribution in [3.63, 3.8) is 0 Å². The Labute approximate surface area is 128 Å². The Balaban J connectivity index is 2.52. The molecule has 5 heteroatoms. The highest BCUT2D eigenvalue weighted by Crippen LogP contribution is 2.30. The first-order valence-electron chi connectivity index (χ1n) is 6.89. The zero-order valence-corrected chi connectivity index (χ0v) is 13.5. The first kappa shape index (κ1) is 15.6. The summed E-state index contributed by atoms with van der Waals surface area (Å²) in [4.78, 5) is 4.47. The van der Waals surface area contributed by atoms with Crippen LogP contribution in [0.1, 0.15) is 45.5 Å². The number of fused-ring (bicyclic) bond motifs is 1. The van der Waals surface area contributed by atoms with Gasteiger partial charge in [0, 0.05) is 12.1 Å². The number of alkyl halides is 1. The van der Waals surface area contributed by atoms with E-state index in [2.05, 4.69) is 25.8 Å². The van der Waals surface area contributed by atoms with E-state index in [1.165, 1.54) is 6.07 Å². The number of hydrogen-bond acceptors (Lipinski definition) is 1. The minimum Gasteiger partial charge on any atom is -0.324 e. The van der Waals surface area contributed by atoms with Gasteiger partial charge in [-0.15, -0.1) is 11.6 Å². The molecule has 0 aliphatic rings. The van der Waals surface area contributed by atoms with E-state index in [0.717, 1.165) is 24.2 Å². The highest BCUT2D eigenvalue weighted by atomic mass is 35.5. The Kier molecular flexibility index (Phi) is 4.92. The molecule has 0 saturated carbocycles. The average Bonchev–Trinajstić information content (AvgIpc) is 2.76. The topological polar surface area (TPSA) is 17.8 Å². The van der Waals surface area contributed by atoms with Gasteiger partial charge in [0.1, 0.15) is 11.6 Å². The van der Waals surface area contributed by atoms with Gasteiger partial charge in [-0.2, -0.15) is 0 Å². The number of benzene rings is 1. The summed E-state index contributed by atoms with van der Waals surface area (Å²) >= 11 is 11.8. The van der Waals surface area contributed by atoms with Crippen LogP contribution in [-0.2, 0) is 5.88 Å². The Morgan fingerprint density at radius 3 is 2.65 bits per heavy atom. The van der Waals surface area contributed by atoms with Gasteiger partial charge in [0.2, 0.25) is 0 Å². The molecule has 1 heterocycles. The standard InChI is InChI=1S/C15H19Cl2FN2/c1-4-9(2)5-10(3)20-14-7-12(18)11(17)6-13(14)19-15(20)8-16/h6-7,9-10H,4-5,8H2,1-3H3. The molecule has 0 N–H and O–H groups in total. The third kappa shape index (κ3) is 2.94. The van der Waals surface area contributed by atoms with Crippen molar-refractivity contribution in [1.29, 1.82) is 0 Å². The molecule has 2 aromatic rings. The summed E-state index contributed by atoms with van der Waals surface area (Å²) in [5.74, 6) is 1.25. The molecule has 2 nitrogen and oxygen atoms in total. The average molecular weight is 317 g/mol. The summed E-state index contributed by atoms with van der Waals surface area (Å²) in [6, 6.07) is 3.24. The lowest BCUT2D eigenvalue weighted by Gasteiger charge is -2.20. The molecule has 2 atom stereocenters. The van der Waals surface area contributed by atoms with E-state index in [-0.39, 0.29) is 11.1 Å². The van der Waals surface area contributed by atoms with Crippen LogP contribution in [0.2, 0.25) is 5.02 Å². The Bertz CT molecular complexity index is 609. The molecular formula is C15H19Cl2FN2. The lowest BCUT2D eigenvalue weighted by Crippen LogP contribution is -2.11. The van der Waals surface area contributed by atoms with Crippen molar-refractivity contribution in [3.05, 3.63) is 28.8 Å². The van der Waals surface area contributed by atoms with Crippen molar-refractivity contribution in [2.24, 2.45) is 5.92 Å². The first-order valence-corrected chi connectivity index (χ1v) is 7.81. The molecule has 0 saturated heterocycles. The number of rotatable bonds is 5. The number of hydrogen-bond donors (Lipinski definition) is 0. The lowest BCUT2D eigenvalue weighted by atomic mass is 10.00. The Morgan fingerprint density at radius 2 is 2.05 bits per heavy atom. The summed E-state index contributed by atoms with van der Waals surface area (Å²) in [5.41, 5.74) is 1.46. The maximum atomic E-state index is 13.7. The normalized spacial score (nSPS) is 14.7. The highest BCUT2D eigenvalue weighted by molar-refractivity contribution is 6.31. The van der Waals surface area contributed by atoms with Crippen molar-refractivity contribution in [3.8, 4) is 0 Å². The molecule has 0 aliphatic heterocycles. The van der Waals surface area contributed by atoms with Crippen molar-refractivity contribution < 1.29 is 4.39 Å². The number of nitrogens with zero attached hydrogens (tertiary/aromatic N) is 2. The zero-order valence-electron chi connectivity index (χ0n) is 12.0. The van der Waals surface area contributed by atoms with Gasteiger partial charge in [0.15, 0.2) is 0 Å². The van der Waals surface area contributed by atoms with Gasteiger partial charge in [-0.05, 0) is 25.3 Å². The van der Waals surface area contributed by atoms with Crippen LogP contribution in [0, 0.1) is 11.7 Å². The molecule has 0 fully saturated rings. The quantitative estimate of drug-likeness (QED) is 0.660. The summed E-state index contributed by atoms with van der Waals surface area (Å²) in [6.45, 7) is 6.51. The maximum absolute atomic E-state index is 13.7. The molecule has 0 bridgehead atoms. The van der Waals surface area contributed by atoms with Gasteiger partial charge in [-0.3, -0.25) is 0 Å². The van der Waals surface area contributed by atoms with Crippen LogP contribution in [0.3, 0.4) is 0 Å². The molecular weight excluding hydrogens is 298 g/mol. The van der Waals surface area contributed by atoms with Crippen LogP contribution in [0.5, 0.6) is 0 Å². The van der Waals surface area contributed by atoms with E-state index >= 15 is 0 Å². The van der Waals surface area contributed by atoms with E-state index in [4.69, 9.17) is 23.2 Å². The SMILES string of the molecule is CCC(C)CC(C)n1c(CCl)nc2cc(Cl)c(F)cc21. The number of imidazole rings is 1. The molecule has 110 valence electrons. The van der Waals surface area contributed by atoms with Crippen molar-refractivity contribution >= 4 is 34.2 Å². The van der Waals surface area contributed by atoms with Gasteiger partial charge < -0.3 is 4.57 Å². The fourth-order valence-electron chi connectivity index (χ4n) is 2.58. The van der Waals surface area contributed by atoms with Crippen molar-refractivity contribution in [2.75, 3.05) is 0 Å². The minimum absolute atomic E-state index is 0.0952. The molecule has 0 aliphatic carbocycles. The van der Waals surface area contributed by atoms with Crippen molar-refractivity contribution in [1.82, 2.24) is 9.55 Å². The van der Waals surface area contributed by atoms with Crippen molar-refractivity contribution in [2.45, 2.75) is 45.5 Å². The predicted molar refractivity (Wildman–Crippen MR) is 83.0 cm³/mol. The molecule has 0 spiro atoms. The predicted octanol–water partition coefficient (Wildman–Crippen LogP) is 5.56. The zero-order chi connectivity index (χ0) is 14.9. The second kappa shape index (κ2) is 6.31. The monoisotopic (exact) mass is 316 g/mol. The molecule has 1 aromatic carbocycles. The number of halogens is 3. The minimum atomic E-state index is -0.419. The lowest BCUT2D eigenvalue weighted by molar-refractivity contribution is 0.399. The summed E-state index contributed by atoms with van der Waals surface area (Å²) < 4.78 is 15.8. The Hall–Kier alpha value is -0.800. The van der Waals surface area contributed by atoms with Gasteiger partial charge in [0.25, 0.3) is 0 Å². The van der Waals surface area contributed by atoms with Crippen LogP contribution in [0.15, 0.2) is 12.1 Å². The van der Waals surface area contributed by atoms with E-state index in [1.807, 2.05) is 4.57 Å². The van der Waals surface area contributed by atoms with Crippen LogP contribution in [0.4, 0.5) is 4.39 Å². The molecule has 0 radical (unpaired) electrons. The second-order valence-corrected chi connectivity index (χ2v) is 6.06. The summed E-state index contributed by atoms with van der Waals surface area (Å²) in [5, 5.41) is 0.0952. The van der Waals surface area contributed by atoms with E-state index in [1.54, 1.807) is 6.07 Å². The first-order chi connectivity index (χ1) is 9.47. The van der Waals surface area contributed by atoms with Crippen LogP contribution in [0.25, 0.3) is 11.0 Å². The molecule has 2 unspecified atom stereocenters. The number of aromatic nitrogens is 2. The summed E-state index contributed by atoms with van der Waals surface area (Å²) in [6.07, 6.45) is 2.13. The highest BCUT2D eigenvalue weighted by Gasteiger charge is 2.18. The molecule has 0 amide bonds. The van der Waals surface area contributed by atoms with Gasteiger partial charge >= 0.3 is 0 Å². The van der Waals surface area contributed by atoms with Crippen LogP contribution in [-0.4, -0.2) is 9.55 Å². The third-order valence-electron chi connectivity index (χ3n) is 3.81. The van der Waals surface area contributed by atoms with E-state index in [0.29, 0.717) is 17.3 Å². The fourth-order valence-corrected chi connectivity index (χ4v) is 2.93. The summed E-state index contributed by atoms with van der Waals surface area (Å²) in [7, 11) is 0.